The van der Waals surface area contributed by atoms with Gasteiger partial charge in [0.05, 0.1) is 10.9 Å². The molecule has 1 atom stereocenters. The Morgan fingerprint density at radius 1 is 1.08 bits per heavy atom. The van der Waals surface area contributed by atoms with E-state index in [9.17, 15) is 13.2 Å². The van der Waals surface area contributed by atoms with Crippen LogP contribution in [0.25, 0.3) is 0 Å². The van der Waals surface area contributed by atoms with Gasteiger partial charge >= 0.3 is 0 Å². The van der Waals surface area contributed by atoms with Crippen molar-refractivity contribution in [3.05, 3.63) is 59.9 Å². The zero-order valence-electron chi connectivity index (χ0n) is 14.4. The fourth-order valence-electron chi connectivity index (χ4n) is 3.80. The number of piperidine rings is 1. The van der Waals surface area contributed by atoms with Crippen molar-refractivity contribution in [1.29, 1.82) is 0 Å². The maximum atomic E-state index is 13.2. The Morgan fingerprint density at radius 2 is 1.85 bits per heavy atom. The minimum Gasteiger partial charge on any atom is -0.337 e. The standard InChI is InChI=1S/C19H21N3O3S/c23-19(16-7-10-20-11-8-16)21-12-3-5-17(14-21)26(24,25)22-13-9-15-4-1-2-6-18(15)22/h1-2,4,6-8,10-11,17H,3,5,9,12-14H2/t17-/m0/s1. The lowest BCUT2D eigenvalue weighted by molar-refractivity contribution is 0.0726. The van der Waals surface area contributed by atoms with E-state index in [0.29, 0.717) is 31.5 Å². The van der Waals surface area contributed by atoms with Crippen LogP contribution in [0.2, 0.25) is 0 Å². The van der Waals surface area contributed by atoms with E-state index in [1.54, 1.807) is 29.4 Å². The highest BCUT2D eigenvalue weighted by Gasteiger charge is 2.39. The van der Waals surface area contributed by atoms with Crippen LogP contribution >= 0.6 is 0 Å². The summed E-state index contributed by atoms with van der Waals surface area (Å²) in [5, 5.41) is -0.562. The summed E-state index contributed by atoms with van der Waals surface area (Å²) in [4.78, 5) is 18.3. The number of amides is 1. The monoisotopic (exact) mass is 371 g/mol. The maximum Gasteiger partial charge on any atom is 0.254 e. The highest BCUT2D eigenvalue weighted by Crippen LogP contribution is 2.33. The second kappa shape index (κ2) is 6.72. The molecule has 1 aromatic heterocycles. The number of benzene rings is 1. The lowest BCUT2D eigenvalue weighted by Gasteiger charge is -2.35. The van der Waals surface area contributed by atoms with Crippen molar-refractivity contribution >= 4 is 21.6 Å². The van der Waals surface area contributed by atoms with Crippen LogP contribution in [0.5, 0.6) is 0 Å². The van der Waals surface area contributed by atoms with Gasteiger partial charge in [0, 0.05) is 37.6 Å². The van der Waals surface area contributed by atoms with Crippen LogP contribution in [-0.4, -0.2) is 49.1 Å². The van der Waals surface area contributed by atoms with Gasteiger partial charge in [0.1, 0.15) is 0 Å². The topological polar surface area (TPSA) is 70.6 Å². The number of anilines is 1. The van der Waals surface area contributed by atoms with Crippen LogP contribution in [0.15, 0.2) is 48.8 Å². The average molecular weight is 371 g/mol. The molecule has 2 aromatic rings. The van der Waals surface area contributed by atoms with E-state index in [1.165, 1.54) is 4.31 Å². The van der Waals surface area contributed by atoms with Crippen LogP contribution in [0, 0.1) is 0 Å². The van der Waals surface area contributed by atoms with Gasteiger partial charge in [-0.15, -0.1) is 0 Å². The molecule has 26 heavy (non-hydrogen) atoms. The summed E-state index contributed by atoms with van der Waals surface area (Å²) in [6.45, 7) is 1.31. The van der Waals surface area contributed by atoms with E-state index in [0.717, 1.165) is 17.7 Å². The summed E-state index contributed by atoms with van der Waals surface area (Å²) in [5.74, 6) is -0.130. The van der Waals surface area contributed by atoms with Crippen molar-refractivity contribution in [2.24, 2.45) is 0 Å². The smallest absolute Gasteiger partial charge is 0.254 e. The molecule has 0 spiro atoms. The molecular formula is C19H21N3O3S. The van der Waals surface area contributed by atoms with E-state index < -0.39 is 15.3 Å². The molecule has 1 fully saturated rings. The Morgan fingerprint density at radius 3 is 2.65 bits per heavy atom. The predicted molar refractivity (Wildman–Crippen MR) is 99.6 cm³/mol. The van der Waals surface area contributed by atoms with Gasteiger partial charge in [0.2, 0.25) is 10.0 Å². The van der Waals surface area contributed by atoms with Crippen molar-refractivity contribution in [3.8, 4) is 0 Å². The summed E-state index contributed by atoms with van der Waals surface area (Å²) in [6.07, 6.45) is 5.16. The second-order valence-electron chi connectivity index (χ2n) is 6.75. The van der Waals surface area contributed by atoms with Gasteiger partial charge in [-0.2, -0.15) is 0 Å². The van der Waals surface area contributed by atoms with Crippen molar-refractivity contribution in [2.45, 2.75) is 24.5 Å². The van der Waals surface area contributed by atoms with Crippen LogP contribution in [0.3, 0.4) is 0 Å². The van der Waals surface area contributed by atoms with E-state index >= 15 is 0 Å². The first-order valence-electron chi connectivity index (χ1n) is 8.86. The van der Waals surface area contributed by atoms with Gasteiger partial charge in [-0.25, -0.2) is 8.42 Å². The zero-order valence-corrected chi connectivity index (χ0v) is 15.2. The highest BCUT2D eigenvalue weighted by atomic mass is 32.2. The maximum absolute atomic E-state index is 13.2. The van der Waals surface area contributed by atoms with Gasteiger partial charge in [0.15, 0.2) is 0 Å². The van der Waals surface area contributed by atoms with E-state index in [2.05, 4.69) is 4.98 Å². The molecule has 2 aliphatic rings. The molecule has 1 amide bonds. The second-order valence-corrected chi connectivity index (χ2v) is 8.88. The number of fused-ring (bicyclic) bond motifs is 1. The average Bonchev–Trinajstić information content (AvgIpc) is 3.13. The first-order valence-corrected chi connectivity index (χ1v) is 10.4. The molecule has 0 bridgehead atoms. The molecule has 0 unspecified atom stereocenters. The molecule has 1 aromatic carbocycles. The molecule has 0 radical (unpaired) electrons. The molecule has 0 aliphatic carbocycles. The largest absolute Gasteiger partial charge is 0.337 e. The lowest BCUT2D eigenvalue weighted by atomic mass is 10.1. The van der Waals surface area contributed by atoms with Crippen molar-refractivity contribution in [2.75, 3.05) is 23.9 Å². The van der Waals surface area contributed by atoms with Crippen LogP contribution in [0.4, 0.5) is 5.69 Å². The molecule has 1 saturated heterocycles. The van der Waals surface area contributed by atoms with Crippen molar-refractivity contribution in [3.63, 3.8) is 0 Å². The van der Waals surface area contributed by atoms with Gasteiger partial charge in [-0.3, -0.25) is 14.1 Å². The first kappa shape index (κ1) is 17.0. The normalized spacial score (nSPS) is 20.1. The summed E-state index contributed by atoms with van der Waals surface area (Å²) >= 11 is 0. The Kier molecular flexibility index (Phi) is 4.40. The zero-order chi connectivity index (χ0) is 18.1. The van der Waals surface area contributed by atoms with E-state index in [4.69, 9.17) is 0 Å². The highest BCUT2D eigenvalue weighted by molar-refractivity contribution is 7.93. The number of carbonyl (C=O) groups excluding carboxylic acids is 1. The Labute approximate surface area is 153 Å². The Bertz CT molecular complexity index is 915. The summed E-state index contributed by atoms with van der Waals surface area (Å²) in [7, 11) is -3.50. The Hall–Kier alpha value is -2.41. The number of sulfonamides is 1. The van der Waals surface area contributed by atoms with Crippen molar-refractivity contribution in [1.82, 2.24) is 9.88 Å². The number of para-hydroxylation sites is 1. The number of pyridine rings is 1. The lowest BCUT2D eigenvalue weighted by Crippen LogP contribution is -2.49. The van der Waals surface area contributed by atoms with E-state index in [1.807, 2.05) is 24.3 Å². The van der Waals surface area contributed by atoms with Gasteiger partial charge in [0.25, 0.3) is 5.91 Å². The van der Waals surface area contributed by atoms with Crippen LogP contribution < -0.4 is 4.31 Å². The summed E-state index contributed by atoms with van der Waals surface area (Å²) in [6, 6.07) is 11.0. The third kappa shape index (κ3) is 2.96. The van der Waals surface area contributed by atoms with Crippen LogP contribution in [0.1, 0.15) is 28.8 Å². The number of likely N-dealkylation sites (tertiary alicyclic amines) is 1. The summed E-state index contributed by atoms with van der Waals surface area (Å²) in [5.41, 5.74) is 2.39. The molecular weight excluding hydrogens is 350 g/mol. The molecule has 3 heterocycles. The SMILES string of the molecule is O=C(c1ccncc1)N1CCC[C@H](S(=O)(=O)N2CCc3ccccc32)C1. The number of hydrogen-bond donors (Lipinski definition) is 0. The van der Waals surface area contributed by atoms with Crippen molar-refractivity contribution < 1.29 is 13.2 Å². The molecule has 7 heteroatoms. The van der Waals surface area contributed by atoms with E-state index in [-0.39, 0.29) is 12.5 Å². The van der Waals surface area contributed by atoms with Gasteiger partial charge in [-0.1, -0.05) is 18.2 Å². The minimum atomic E-state index is -3.50. The van der Waals surface area contributed by atoms with Gasteiger partial charge < -0.3 is 4.90 Å². The number of carbonyl (C=O) groups is 1. The Balaban J connectivity index is 1.55. The molecule has 0 N–H and O–H groups in total. The fraction of sp³-hybridized carbons (Fsp3) is 0.368. The number of hydrogen-bond acceptors (Lipinski definition) is 4. The number of nitrogens with zero attached hydrogens (tertiary/aromatic N) is 3. The molecule has 6 nitrogen and oxygen atoms in total. The quantitative estimate of drug-likeness (QED) is 0.828. The van der Waals surface area contributed by atoms with Gasteiger partial charge in [-0.05, 0) is 43.0 Å². The predicted octanol–water partition coefficient (Wildman–Crippen LogP) is 2.08. The summed E-state index contributed by atoms with van der Waals surface area (Å²) < 4.78 is 28.0. The third-order valence-electron chi connectivity index (χ3n) is 5.17. The third-order valence-corrected chi connectivity index (χ3v) is 7.39. The minimum absolute atomic E-state index is 0.130. The molecule has 4 rings (SSSR count). The molecule has 2 aliphatic heterocycles. The van der Waals surface area contributed by atoms with Crippen LogP contribution in [-0.2, 0) is 16.4 Å². The first-order chi connectivity index (χ1) is 12.6. The number of rotatable bonds is 3. The molecule has 136 valence electrons. The fourth-order valence-corrected chi connectivity index (χ4v) is 5.79. The number of aromatic nitrogens is 1. The molecule has 0 saturated carbocycles.